The van der Waals surface area contributed by atoms with Crippen molar-refractivity contribution in [1.29, 1.82) is 5.26 Å². The van der Waals surface area contributed by atoms with Crippen molar-refractivity contribution in [2.75, 3.05) is 5.32 Å². The van der Waals surface area contributed by atoms with Crippen molar-refractivity contribution in [3.63, 3.8) is 0 Å². The molecule has 1 rings (SSSR count). The summed E-state index contributed by atoms with van der Waals surface area (Å²) in [4.78, 5) is 25.1. The molecule has 3 N–H and O–H groups in total. The van der Waals surface area contributed by atoms with Crippen molar-refractivity contribution >= 4 is 17.4 Å². The molecule has 94 valence electrons. The maximum atomic E-state index is 11.1. The van der Waals surface area contributed by atoms with Gasteiger partial charge >= 0.3 is 5.69 Å². The van der Waals surface area contributed by atoms with Crippen LogP contribution in [0.3, 0.4) is 0 Å². The summed E-state index contributed by atoms with van der Waals surface area (Å²) in [6.07, 6.45) is 1.17. The molecule has 1 aromatic heterocycles. The molecule has 18 heavy (non-hydrogen) atoms. The number of nitro groups is 1. The minimum absolute atomic E-state index is 0.0594. The van der Waals surface area contributed by atoms with Gasteiger partial charge in [-0.2, -0.15) is 5.26 Å². The van der Waals surface area contributed by atoms with Crippen molar-refractivity contribution in [3.05, 3.63) is 27.9 Å². The summed E-state index contributed by atoms with van der Waals surface area (Å²) in [5.41, 5.74) is 3.63. The Labute approximate surface area is 103 Å². The minimum atomic E-state index is -1.19. The molecule has 0 fully saturated rings. The van der Waals surface area contributed by atoms with Gasteiger partial charge in [0.15, 0.2) is 0 Å². The highest BCUT2D eigenvalue weighted by Crippen LogP contribution is 2.25. The number of pyridine rings is 1. The minimum Gasteiger partial charge on any atom is -0.368 e. The fourth-order valence-corrected chi connectivity index (χ4v) is 1.11. The molecule has 0 spiro atoms. The number of hydrogen-bond acceptors (Lipinski definition) is 6. The van der Waals surface area contributed by atoms with Crippen LogP contribution in [0.4, 0.5) is 11.5 Å². The van der Waals surface area contributed by atoms with E-state index in [0.717, 1.165) is 6.07 Å². The molecule has 8 nitrogen and oxygen atoms in total. The normalized spacial score (nSPS) is 10.5. The van der Waals surface area contributed by atoms with E-state index in [1.54, 1.807) is 6.07 Å². The molecule has 1 aromatic rings. The van der Waals surface area contributed by atoms with Crippen molar-refractivity contribution in [2.45, 2.75) is 19.4 Å². The number of nitrogens with two attached hydrogens (primary N) is 1. The number of hydrogen-bond donors (Lipinski definition) is 2. The van der Waals surface area contributed by atoms with Gasteiger partial charge in [0.1, 0.15) is 11.6 Å². The first kappa shape index (κ1) is 13.4. The zero-order valence-corrected chi connectivity index (χ0v) is 9.80. The van der Waals surface area contributed by atoms with E-state index in [1.807, 2.05) is 0 Å². The molecule has 0 aliphatic carbocycles. The van der Waals surface area contributed by atoms with Crippen LogP contribution in [-0.2, 0) is 4.79 Å². The van der Waals surface area contributed by atoms with E-state index in [4.69, 9.17) is 11.0 Å². The first-order valence-corrected chi connectivity index (χ1v) is 4.90. The summed E-state index contributed by atoms with van der Waals surface area (Å²) in [7, 11) is 0. The summed E-state index contributed by atoms with van der Waals surface area (Å²) in [6, 6.07) is 2.82. The van der Waals surface area contributed by atoms with Crippen LogP contribution in [0.15, 0.2) is 12.3 Å². The average molecular weight is 249 g/mol. The first-order valence-electron chi connectivity index (χ1n) is 4.90. The van der Waals surface area contributed by atoms with E-state index >= 15 is 0 Å². The third kappa shape index (κ3) is 2.70. The van der Waals surface area contributed by atoms with Crippen LogP contribution in [0, 0.1) is 21.4 Å². The van der Waals surface area contributed by atoms with Gasteiger partial charge in [0.25, 0.3) is 0 Å². The lowest BCUT2D eigenvalue weighted by atomic mass is 10.1. The Bertz CT molecular complexity index is 547. The van der Waals surface area contributed by atoms with Crippen molar-refractivity contribution < 1.29 is 9.72 Å². The Kier molecular flexibility index (Phi) is 3.47. The summed E-state index contributed by atoms with van der Waals surface area (Å²) >= 11 is 0. The molecule has 1 heterocycles. The number of carbonyl (C=O) groups excluding carboxylic acids is 1. The SMILES string of the molecule is CC(C)(Nc1ncc(C#N)cc1[N+](=O)[O-])C(N)=O. The van der Waals surface area contributed by atoms with Crippen molar-refractivity contribution in [1.82, 2.24) is 4.98 Å². The van der Waals surface area contributed by atoms with E-state index in [-0.39, 0.29) is 17.1 Å². The predicted octanol–water partition coefficient (Wildman–Crippen LogP) is 0.537. The fourth-order valence-electron chi connectivity index (χ4n) is 1.11. The van der Waals surface area contributed by atoms with Gasteiger partial charge in [0.2, 0.25) is 11.7 Å². The van der Waals surface area contributed by atoms with E-state index in [1.165, 1.54) is 20.0 Å². The standard InChI is InChI=1S/C10H11N5O3/c1-10(2,9(12)16)14-8-7(15(17)18)3-6(4-11)5-13-8/h3,5H,1-2H3,(H2,12,16)(H,13,14). The highest BCUT2D eigenvalue weighted by atomic mass is 16.6. The molecular formula is C10H11N5O3. The Hall–Kier alpha value is -2.69. The van der Waals surface area contributed by atoms with Crippen LogP contribution >= 0.6 is 0 Å². The molecule has 0 aliphatic heterocycles. The number of carbonyl (C=O) groups is 1. The monoisotopic (exact) mass is 249 g/mol. The molecule has 0 saturated heterocycles. The van der Waals surface area contributed by atoms with Gasteiger partial charge in [-0.25, -0.2) is 4.98 Å². The lowest BCUT2D eigenvalue weighted by Gasteiger charge is -2.22. The van der Waals surface area contributed by atoms with Gasteiger partial charge in [-0.05, 0) is 13.8 Å². The molecule has 1 amide bonds. The fraction of sp³-hybridized carbons (Fsp3) is 0.300. The van der Waals surface area contributed by atoms with Gasteiger partial charge in [-0.3, -0.25) is 14.9 Å². The maximum Gasteiger partial charge on any atom is 0.312 e. The lowest BCUT2D eigenvalue weighted by Crippen LogP contribution is -2.45. The van der Waals surface area contributed by atoms with E-state index in [0.29, 0.717) is 0 Å². The van der Waals surface area contributed by atoms with Crippen LogP contribution in [0.2, 0.25) is 0 Å². The zero-order chi connectivity index (χ0) is 13.9. The highest BCUT2D eigenvalue weighted by molar-refractivity contribution is 5.87. The smallest absolute Gasteiger partial charge is 0.312 e. The second-order valence-corrected chi connectivity index (χ2v) is 4.07. The third-order valence-corrected chi connectivity index (χ3v) is 2.24. The Morgan fingerprint density at radius 2 is 2.28 bits per heavy atom. The second kappa shape index (κ2) is 4.67. The number of nitrogens with one attached hydrogen (secondary N) is 1. The summed E-state index contributed by atoms with van der Waals surface area (Å²) < 4.78 is 0. The molecule has 0 atom stereocenters. The van der Waals surface area contributed by atoms with Gasteiger partial charge in [0, 0.05) is 12.3 Å². The molecule has 0 aromatic carbocycles. The first-order chi connectivity index (χ1) is 8.27. The molecule has 0 unspecified atom stereocenters. The van der Waals surface area contributed by atoms with E-state index < -0.39 is 16.4 Å². The number of rotatable bonds is 4. The van der Waals surface area contributed by atoms with E-state index in [9.17, 15) is 14.9 Å². The number of primary amides is 1. The molecule has 8 heteroatoms. The second-order valence-electron chi connectivity index (χ2n) is 4.07. The number of aromatic nitrogens is 1. The Morgan fingerprint density at radius 3 is 2.72 bits per heavy atom. The number of amides is 1. The van der Waals surface area contributed by atoms with Crippen molar-refractivity contribution in [3.8, 4) is 6.07 Å². The van der Waals surface area contributed by atoms with Crippen LogP contribution in [0.5, 0.6) is 0 Å². The van der Waals surface area contributed by atoms with Crippen LogP contribution in [0.25, 0.3) is 0 Å². The van der Waals surface area contributed by atoms with Crippen LogP contribution < -0.4 is 11.1 Å². The Balaban J connectivity index is 3.22. The van der Waals surface area contributed by atoms with Gasteiger partial charge in [-0.15, -0.1) is 0 Å². The zero-order valence-electron chi connectivity index (χ0n) is 9.80. The number of anilines is 1. The van der Waals surface area contributed by atoms with Crippen LogP contribution in [-0.4, -0.2) is 21.4 Å². The number of nitrogens with zero attached hydrogens (tertiary/aromatic N) is 3. The Morgan fingerprint density at radius 1 is 1.67 bits per heavy atom. The van der Waals surface area contributed by atoms with E-state index in [2.05, 4.69) is 10.3 Å². The predicted molar refractivity (Wildman–Crippen MR) is 62.5 cm³/mol. The molecule has 0 saturated carbocycles. The largest absolute Gasteiger partial charge is 0.368 e. The van der Waals surface area contributed by atoms with Gasteiger partial charge < -0.3 is 11.1 Å². The van der Waals surface area contributed by atoms with Crippen LogP contribution in [0.1, 0.15) is 19.4 Å². The highest BCUT2D eigenvalue weighted by Gasteiger charge is 2.28. The third-order valence-electron chi connectivity index (χ3n) is 2.24. The molecule has 0 aliphatic rings. The number of nitriles is 1. The maximum absolute atomic E-state index is 11.1. The lowest BCUT2D eigenvalue weighted by molar-refractivity contribution is -0.384. The summed E-state index contributed by atoms with van der Waals surface area (Å²) in [5.74, 6) is -0.786. The van der Waals surface area contributed by atoms with Gasteiger partial charge in [-0.1, -0.05) is 0 Å². The summed E-state index contributed by atoms with van der Waals surface area (Å²) in [5, 5.41) is 22.1. The quantitative estimate of drug-likeness (QED) is 0.590. The molecular weight excluding hydrogens is 238 g/mol. The molecule has 0 bridgehead atoms. The topological polar surface area (TPSA) is 135 Å². The molecule has 0 radical (unpaired) electrons. The summed E-state index contributed by atoms with van der Waals surface area (Å²) in [6.45, 7) is 2.94. The van der Waals surface area contributed by atoms with Gasteiger partial charge in [0.05, 0.1) is 10.5 Å². The average Bonchev–Trinajstić information content (AvgIpc) is 2.28. The van der Waals surface area contributed by atoms with Crippen molar-refractivity contribution in [2.24, 2.45) is 5.73 Å².